The Bertz CT molecular complexity index is 1080. The number of rotatable bonds is 7. The molecule has 3 aromatic rings. The quantitative estimate of drug-likeness (QED) is 0.482. The first-order valence-corrected chi connectivity index (χ1v) is 10.7. The zero-order valence-corrected chi connectivity index (χ0v) is 18.5. The minimum atomic E-state index is -0.476. The Morgan fingerprint density at radius 2 is 1.65 bits per heavy atom. The van der Waals surface area contributed by atoms with Gasteiger partial charge in [0.05, 0.1) is 18.2 Å². The lowest BCUT2D eigenvalue weighted by molar-refractivity contribution is -0.120. The minimum absolute atomic E-state index is 0.0571. The van der Waals surface area contributed by atoms with Crippen LogP contribution in [0.15, 0.2) is 53.9 Å². The van der Waals surface area contributed by atoms with Gasteiger partial charge >= 0.3 is 0 Å². The molecule has 3 rings (SSSR count). The number of amides is 3. The van der Waals surface area contributed by atoms with E-state index in [2.05, 4.69) is 20.9 Å². The first-order chi connectivity index (χ1) is 14.8. The molecule has 3 amide bonds. The lowest BCUT2D eigenvalue weighted by Gasteiger charge is -2.17. The van der Waals surface area contributed by atoms with Gasteiger partial charge in [-0.25, -0.2) is 4.98 Å². The van der Waals surface area contributed by atoms with Crippen molar-refractivity contribution in [2.45, 2.75) is 26.3 Å². The molecule has 0 bridgehead atoms. The Morgan fingerprint density at radius 3 is 2.26 bits per heavy atom. The molecule has 0 aliphatic heterocycles. The highest BCUT2D eigenvalue weighted by Gasteiger charge is 2.18. The molecule has 31 heavy (non-hydrogen) atoms. The van der Waals surface area contributed by atoms with E-state index in [1.165, 1.54) is 25.2 Å². The smallest absolute Gasteiger partial charge is 0.228 e. The fourth-order valence-corrected chi connectivity index (χ4v) is 3.80. The summed E-state index contributed by atoms with van der Waals surface area (Å²) in [6.45, 7) is 2.86. The Kier molecular flexibility index (Phi) is 7.38. The second-order valence-electron chi connectivity index (χ2n) is 6.85. The molecule has 0 saturated carbocycles. The van der Waals surface area contributed by atoms with Crippen LogP contribution in [-0.4, -0.2) is 22.7 Å². The lowest BCUT2D eigenvalue weighted by atomic mass is 10.0. The van der Waals surface area contributed by atoms with Crippen LogP contribution in [0, 0.1) is 0 Å². The zero-order valence-electron chi connectivity index (χ0n) is 16.9. The van der Waals surface area contributed by atoms with Crippen molar-refractivity contribution in [1.82, 2.24) is 10.3 Å². The number of benzene rings is 2. The van der Waals surface area contributed by atoms with E-state index in [1.54, 1.807) is 36.4 Å². The number of carbonyl (C=O) groups excluding carboxylic acids is 3. The molecule has 0 saturated heterocycles. The molecule has 7 nitrogen and oxygen atoms in total. The summed E-state index contributed by atoms with van der Waals surface area (Å²) >= 11 is 7.24. The lowest BCUT2D eigenvalue weighted by Crippen LogP contribution is -2.29. The van der Waals surface area contributed by atoms with Crippen molar-refractivity contribution in [2.24, 2.45) is 0 Å². The third-order valence-electron chi connectivity index (χ3n) is 4.29. The Labute approximate surface area is 188 Å². The summed E-state index contributed by atoms with van der Waals surface area (Å²) in [6.07, 6.45) is 0.0571. The molecule has 0 aliphatic carbocycles. The molecule has 1 atom stereocenters. The van der Waals surface area contributed by atoms with Crippen LogP contribution in [0.3, 0.4) is 0 Å². The highest BCUT2D eigenvalue weighted by atomic mass is 35.5. The topological polar surface area (TPSA) is 100 Å². The van der Waals surface area contributed by atoms with Crippen LogP contribution in [0.25, 0.3) is 11.3 Å². The second kappa shape index (κ2) is 10.2. The SMILES string of the molecule is CC(=O)Nc1ccc(-c2csc(NC(=O)CC(NC(C)=O)c3ccc(Cl)cc3)n2)cc1. The van der Waals surface area contributed by atoms with Crippen molar-refractivity contribution in [3.63, 3.8) is 0 Å². The molecule has 0 fully saturated rings. The highest BCUT2D eigenvalue weighted by molar-refractivity contribution is 7.14. The Morgan fingerprint density at radius 1 is 0.968 bits per heavy atom. The number of nitrogens with zero attached hydrogens (tertiary/aromatic N) is 1. The van der Waals surface area contributed by atoms with Crippen molar-refractivity contribution < 1.29 is 14.4 Å². The summed E-state index contributed by atoms with van der Waals surface area (Å²) in [5, 5.41) is 11.2. The summed E-state index contributed by atoms with van der Waals surface area (Å²) < 4.78 is 0. The minimum Gasteiger partial charge on any atom is -0.349 e. The number of thiazole rings is 1. The van der Waals surface area contributed by atoms with Crippen molar-refractivity contribution in [2.75, 3.05) is 10.6 Å². The van der Waals surface area contributed by atoms with Crippen LogP contribution < -0.4 is 16.0 Å². The largest absolute Gasteiger partial charge is 0.349 e. The molecule has 0 spiro atoms. The Balaban J connectivity index is 1.66. The third-order valence-corrected chi connectivity index (χ3v) is 5.30. The predicted molar refractivity (Wildman–Crippen MR) is 123 cm³/mol. The molecular weight excluding hydrogens is 436 g/mol. The average molecular weight is 457 g/mol. The number of hydrogen-bond donors (Lipinski definition) is 3. The molecule has 3 N–H and O–H groups in total. The molecule has 1 aromatic heterocycles. The molecule has 1 heterocycles. The molecular formula is C22H21ClN4O3S. The summed E-state index contributed by atoms with van der Waals surface area (Å²) in [4.78, 5) is 39.7. The summed E-state index contributed by atoms with van der Waals surface area (Å²) in [5.74, 6) is -0.634. The maximum atomic E-state index is 12.6. The van der Waals surface area contributed by atoms with E-state index in [9.17, 15) is 14.4 Å². The average Bonchev–Trinajstić information content (AvgIpc) is 3.16. The van der Waals surface area contributed by atoms with Gasteiger partial charge in [0.2, 0.25) is 17.7 Å². The Hall–Kier alpha value is -3.23. The third kappa shape index (κ3) is 6.63. The summed E-state index contributed by atoms with van der Waals surface area (Å²) in [6, 6.07) is 13.8. The first kappa shape index (κ1) is 22.5. The first-order valence-electron chi connectivity index (χ1n) is 9.46. The molecule has 1 unspecified atom stereocenters. The van der Waals surface area contributed by atoms with Crippen molar-refractivity contribution in [3.8, 4) is 11.3 Å². The van der Waals surface area contributed by atoms with Gasteiger partial charge in [-0.1, -0.05) is 35.9 Å². The van der Waals surface area contributed by atoms with E-state index >= 15 is 0 Å². The van der Waals surface area contributed by atoms with Crippen molar-refractivity contribution in [3.05, 3.63) is 64.5 Å². The van der Waals surface area contributed by atoms with Crippen LogP contribution in [0.1, 0.15) is 31.9 Å². The van der Waals surface area contributed by atoms with Crippen LogP contribution in [-0.2, 0) is 14.4 Å². The summed E-state index contributed by atoms with van der Waals surface area (Å²) in [7, 11) is 0. The van der Waals surface area contributed by atoms with Gasteiger partial charge in [-0.15, -0.1) is 11.3 Å². The van der Waals surface area contributed by atoms with Gasteiger partial charge in [0.15, 0.2) is 5.13 Å². The number of halogens is 1. The van der Waals surface area contributed by atoms with E-state index in [0.29, 0.717) is 21.5 Å². The number of carbonyl (C=O) groups is 3. The number of nitrogens with one attached hydrogen (secondary N) is 3. The van der Waals surface area contributed by atoms with Gasteiger partial charge in [-0.05, 0) is 29.8 Å². The van der Waals surface area contributed by atoms with E-state index in [-0.39, 0.29) is 24.1 Å². The molecule has 2 aromatic carbocycles. The van der Waals surface area contributed by atoms with Crippen LogP contribution >= 0.6 is 22.9 Å². The maximum absolute atomic E-state index is 12.6. The monoisotopic (exact) mass is 456 g/mol. The fraction of sp³-hybridized carbons (Fsp3) is 0.182. The van der Waals surface area contributed by atoms with E-state index in [0.717, 1.165) is 11.1 Å². The second-order valence-corrected chi connectivity index (χ2v) is 8.15. The van der Waals surface area contributed by atoms with Crippen LogP contribution in [0.2, 0.25) is 5.02 Å². The van der Waals surface area contributed by atoms with E-state index in [4.69, 9.17) is 11.6 Å². The molecule has 160 valence electrons. The fourth-order valence-electron chi connectivity index (χ4n) is 2.94. The predicted octanol–water partition coefficient (Wildman–Crippen LogP) is 4.63. The van der Waals surface area contributed by atoms with Gasteiger partial charge in [0.1, 0.15) is 0 Å². The zero-order chi connectivity index (χ0) is 22.4. The van der Waals surface area contributed by atoms with E-state index < -0.39 is 6.04 Å². The normalized spacial score (nSPS) is 11.5. The molecule has 0 radical (unpaired) electrons. The highest BCUT2D eigenvalue weighted by Crippen LogP contribution is 2.27. The van der Waals surface area contributed by atoms with Gasteiger partial charge < -0.3 is 16.0 Å². The molecule has 9 heteroatoms. The molecule has 0 aliphatic rings. The number of aromatic nitrogens is 1. The van der Waals surface area contributed by atoms with Gasteiger partial charge in [0.25, 0.3) is 0 Å². The van der Waals surface area contributed by atoms with Crippen molar-refractivity contribution in [1.29, 1.82) is 0 Å². The summed E-state index contributed by atoms with van der Waals surface area (Å²) in [5.41, 5.74) is 3.06. The van der Waals surface area contributed by atoms with Crippen LogP contribution in [0.5, 0.6) is 0 Å². The van der Waals surface area contributed by atoms with Gasteiger partial charge in [0, 0.05) is 35.5 Å². The van der Waals surface area contributed by atoms with Gasteiger partial charge in [-0.2, -0.15) is 0 Å². The van der Waals surface area contributed by atoms with Gasteiger partial charge in [-0.3, -0.25) is 14.4 Å². The standard InChI is InChI=1S/C22H21ClN4O3S/c1-13(28)24-18-9-5-16(6-10-18)20-12-31-22(26-20)27-21(30)11-19(25-14(2)29)15-3-7-17(23)8-4-15/h3-10,12,19H,11H2,1-2H3,(H,24,28)(H,25,29)(H,26,27,30). The van der Waals surface area contributed by atoms with Crippen molar-refractivity contribution >= 4 is 51.5 Å². The maximum Gasteiger partial charge on any atom is 0.228 e. The van der Waals surface area contributed by atoms with E-state index in [1.807, 2.05) is 17.5 Å². The number of anilines is 2. The number of hydrogen-bond acceptors (Lipinski definition) is 5. The van der Waals surface area contributed by atoms with Crippen LogP contribution in [0.4, 0.5) is 10.8 Å².